The van der Waals surface area contributed by atoms with Crippen LogP contribution < -0.4 is 5.32 Å². The fraction of sp³-hybridized carbons (Fsp3) is 0.343. The number of hydrogen-bond acceptors (Lipinski definition) is 8. The molecule has 10 heteroatoms. The average molecular weight is 613 g/mol. The summed E-state index contributed by atoms with van der Waals surface area (Å²) in [5.74, 6) is -0.168. The number of aryl methyl sites for hydroxylation is 1. The number of hydrazine groups is 1. The van der Waals surface area contributed by atoms with Gasteiger partial charge in [-0.15, -0.1) is 0 Å². The molecule has 1 aromatic heterocycles. The molecule has 0 spiro atoms. The minimum atomic E-state index is -0.650. The number of rotatable bonds is 9. The second-order valence-corrected chi connectivity index (χ2v) is 10.7. The van der Waals surface area contributed by atoms with Crippen LogP contribution in [0, 0.1) is 0 Å². The SMILES string of the molecule is CCC1N([C@@H](Cc2ccc(O)cc2)C(C)=O)C(=O)CN(C)N1C=O.CCc1cccc2nccnc12.CNCc1ccccc1. The lowest BCUT2D eigenvalue weighted by atomic mass is 9.99. The molecule has 2 amide bonds. The standard InChI is InChI=1S/C17H23N3O4.C10H10N2.C8H11N/c1-4-16-19(11-21)18(3)10-17(24)20(16)15(12(2)22)9-13-5-7-14(23)8-6-13;1-2-8-4-3-5-9-10(8)12-7-6-11-9;1-9-7-8-5-3-2-4-6-8/h5-8,11,15-16,23H,4,9-10H2,1-3H3;3-7H,2H2,1H3;2-6,9H,7H2,1H3/t15-,16?;;/m0../s1. The Hall–Kier alpha value is -4.67. The third-order valence-corrected chi connectivity index (χ3v) is 7.50. The van der Waals surface area contributed by atoms with E-state index in [9.17, 15) is 19.5 Å². The molecular weight excluding hydrogens is 568 g/mol. The maximum Gasteiger partial charge on any atom is 0.240 e. The number of para-hydroxylation sites is 1. The van der Waals surface area contributed by atoms with Crippen LogP contribution in [0.3, 0.4) is 0 Å². The molecule has 45 heavy (non-hydrogen) atoms. The minimum absolute atomic E-state index is 0.0502. The molecular formula is C35H44N6O4. The van der Waals surface area contributed by atoms with Gasteiger partial charge in [-0.05, 0) is 61.7 Å². The summed E-state index contributed by atoms with van der Waals surface area (Å²) in [6, 6.07) is 22.3. The van der Waals surface area contributed by atoms with E-state index in [1.54, 1.807) is 48.7 Å². The molecule has 1 fully saturated rings. The van der Waals surface area contributed by atoms with Gasteiger partial charge in [-0.3, -0.25) is 29.4 Å². The van der Waals surface area contributed by atoms with Crippen molar-refractivity contribution in [3.8, 4) is 5.75 Å². The van der Waals surface area contributed by atoms with Gasteiger partial charge in [-0.1, -0.05) is 68.4 Å². The van der Waals surface area contributed by atoms with Gasteiger partial charge >= 0.3 is 0 Å². The van der Waals surface area contributed by atoms with Crippen molar-refractivity contribution >= 4 is 29.1 Å². The summed E-state index contributed by atoms with van der Waals surface area (Å²) >= 11 is 0. The first-order valence-electron chi connectivity index (χ1n) is 15.1. The Bertz CT molecular complexity index is 1510. The lowest BCUT2D eigenvalue weighted by Gasteiger charge is -2.48. The van der Waals surface area contributed by atoms with Gasteiger partial charge in [-0.25, -0.2) is 5.01 Å². The first-order valence-corrected chi connectivity index (χ1v) is 15.1. The Morgan fingerprint density at radius 3 is 2.29 bits per heavy atom. The lowest BCUT2D eigenvalue weighted by molar-refractivity contribution is -0.183. The number of aromatic nitrogens is 2. The monoisotopic (exact) mass is 612 g/mol. The van der Waals surface area contributed by atoms with Crippen LogP contribution in [-0.2, 0) is 33.8 Å². The van der Waals surface area contributed by atoms with E-state index in [0.717, 1.165) is 29.6 Å². The van der Waals surface area contributed by atoms with Crippen LogP contribution in [0.4, 0.5) is 0 Å². The molecule has 238 valence electrons. The molecule has 2 heterocycles. The second kappa shape index (κ2) is 17.6. The van der Waals surface area contributed by atoms with Crippen LogP contribution in [0.15, 0.2) is 85.2 Å². The van der Waals surface area contributed by atoms with Crippen molar-refractivity contribution in [3.63, 3.8) is 0 Å². The van der Waals surface area contributed by atoms with Crippen molar-refractivity contribution in [1.82, 2.24) is 30.2 Å². The number of aromatic hydroxyl groups is 1. The highest BCUT2D eigenvalue weighted by molar-refractivity contribution is 5.89. The summed E-state index contributed by atoms with van der Waals surface area (Å²) in [5.41, 5.74) is 5.45. The predicted molar refractivity (Wildman–Crippen MR) is 176 cm³/mol. The highest BCUT2D eigenvalue weighted by Crippen LogP contribution is 2.23. The normalized spacial score (nSPS) is 15.4. The summed E-state index contributed by atoms with van der Waals surface area (Å²) in [7, 11) is 3.63. The molecule has 1 saturated heterocycles. The van der Waals surface area contributed by atoms with Gasteiger partial charge in [0, 0.05) is 32.4 Å². The van der Waals surface area contributed by atoms with Crippen LogP contribution >= 0.6 is 0 Å². The quantitative estimate of drug-likeness (QED) is 0.268. The largest absolute Gasteiger partial charge is 0.508 e. The Labute approximate surface area is 265 Å². The summed E-state index contributed by atoms with van der Waals surface area (Å²) in [6.45, 7) is 6.46. The van der Waals surface area contributed by atoms with Crippen molar-refractivity contribution in [2.45, 2.75) is 58.8 Å². The third-order valence-electron chi connectivity index (χ3n) is 7.50. The smallest absolute Gasteiger partial charge is 0.240 e. The summed E-state index contributed by atoms with van der Waals surface area (Å²) in [4.78, 5) is 46.3. The summed E-state index contributed by atoms with van der Waals surface area (Å²) < 4.78 is 0. The number of amides is 2. The zero-order chi connectivity index (χ0) is 32.8. The Balaban J connectivity index is 0.000000216. The van der Waals surface area contributed by atoms with Crippen LogP contribution in [0.25, 0.3) is 11.0 Å². The van der Waals surface area contributed by atoms with Gasteiger partial charge in [0.2, 0.25) is 12.3 Å². The lowest BCUT2D eigenvalue weighted by Crippen LogP contribution is -2.67. The van der Waals surface area contributed by atoms with E-state index < -0.39 is 12.2 Å². The fourth-order valence-electron chi connectivity index (χ4n) is 5.23. The van der Waals surface area contributed by atoms with Gasteiger partial charge in [0.05, 0.1) is 23.6 Å². The molecule has 2 atom stereocenters. The highest BCUT2D eigenvalue weighted by Gasteiger charge is 2.41. The fourth-order valence-corrected chi connectivity index (χ4v) is 5.23. The van der Waals surface area contributed by atoms with E-state index in [2.05, 4.69) is 40.4 Å². The Morgan fingerprint density at radius 2 is 1.69 bits per heavy atom. The van der Waals surface area contributed by atoms with Crippen LogP contribution in [0.2, 0.25) is 0 Å². The number of carbonyl (C=O) groups excluding carboxylic acids is 3. The summed E-state index contributed by atoms with van der Waals surface area (Å²) in [6.07, 6.45) is 5.53. The molecule has 1 unspecified atom stereocenters. The molecule has 2 N–H and O–H groups in total. The molecule has 5 rings (SSSR count). The van der Waals surface area contributed by atoms with Gasteiger partial charge in [0.25, 0.3) is 0 Å². The number of likely N-dealkylation sites (N-methyl/N-ethyl adjacent to an activating group) is 1. The molecule has 4 aromatic rings. The molecule has 0 bridgehead atoms. The molecule has 1 aliphatic rings. The van der Waals surface area contributed by atoms with Crippen molar-refractivity contribution in [2.24, 2.45) is 0 Å². The predicted octanol–water partition coefficient (Wildman–Crippen LogP) is 4.37. The number of nitrogens with zero attached hydrogens (tertiary/aromatic N) is 5. The number of Topliss-reactive ketones (excluding diaryl/α,β-unsaturated/α-hetero) is 1. The maximum atomic E-state index is 12.6. The topological polar surface area (TPSA) is 119 Å². The average Bonchev–Trinajstić information content (AvgIpc) is 3.05. The van der Waals surface area contributed by atoms with Crippen LogP contribution in [-0.4, -0.2) is 80.9 Å². The minimum Gasteiger partial charge on any atom is -0.508 e. The molecule has 10 nitrogen and oxygen atoms in total. The first-order chi connectivity index (χ1) is 21.7. The van der Waals surface area contributed by atoms with Crippen molar-refractivity contribution in [1.29, 1.82) is 0 Å². The molecule has 3 aromatic carbocycles. The van der Waals surface area contributed by atoms with Gasteiger partial charge in [-0.2, -0.15) is 0 Å². The Morgan fingerprint density at radius 1 is 1.00 bits per heavy atom. The highest BCUT2D eigenvalue weighted by atomic mass is 16.3. The second-order valence-electron chi connectivity index (χ2n) is 10.7. The molecule has 0 aliphatic carbocycles. The number of nitrogens with one attached hydrogen (secondary N) is 1. The molecule has 0 radical (unpaired) electrons. The van der Waals surface area contributed by atoms with E-state index >= 15 is 0 Å². The van der Waals surface area contributed by atoms with Crippen LogP contribution in [0.5, 0.6) is 5.75 Å². The van der Waals surface area contributed by atoms with Gasteiger partial charge in [0.1, 0.15) is 11.9 Å². The molecule has 1 aliphatic heterocycles. The van der Waals surface area contributed by atoms with Crippen molar-refractivity contribution < 1.29 is 19.5 Å². The van der Waals surface area contributed by atoms with E-state index in [-0.39, 0.29) is 24.0 Å². The number of benzene rings is 3. The third kappa shape index (κ3) is 9.66. The van der Waals surface area contributed by atoms with E-state index in [1.165, 1.54) is 28.0 Å². The maximum absolute atomic E-state index is 12.6. The van der Waals surface area contributed by atoms with Gasteiger partial charge < -0.3 is 15.3 Å². The zero-order valence-electron chi connectivity index (χ0n) is 26.8. The summed E-state index contributed by atoms with van der Waals surface area (Å²) in [5, 5.41) is 15.5. The van der Waals surface area contributed by atoms with E-state index in [0.29, 0.717) is 19.3 Å². The number of phenols is 1. The van der Waals surface area contributed by atoms with Crippen LogP contribution in [0.1, 0.15) is 43.9 Å². The number of carbonyl (C=O) groups is 3. The number of phenolic OH excluding ortho intramolecular Hbond substituents is 1. The van der Waals surface area contributed by atoms with E-state index in [4.69, 9.17) is 0 Å². The van der Waals surface area contributed by atoms with Crippen molar-refractivity contribution in [2.75, 3.05) is 20.6 Å². The van der Waals surface area contributed by atoms with Crippen molar-refractivity contribution in [3.05, 3.63) is 102 Å². The number of ketones is 1. The first kappa shape index (κ1) is 34.8. The molecule has 0 saturated carbocycles. The van der Waals surface area contributed by atoms with Gasteiger partial charge in [0.15, 0.2) is 5.78 Å². The number of fused-ring (bicyclic) bond motifs is 1. The van der Waals surface area contributed by atoms with E-state index in [1.807, 2.05) is 44.3 Å². The number of hydrogen-bond donors (Lipinski definition) is 2. The Kier molecular flexibility index (Phi) is 13.6. The zero-order valence-corrected chi connectivity index (χ0v) is 26.8.